The Morgan fingerprint density at radius 2 is 1.96 bits per heavy atom. The van der Waals surface area contributed by atoms with Crippen molar-refractivity contribution in [2.24, 2.45) is 11.8 Å². The summed E-state index contributed by atoms with van der Waals surface area (Å²) in [7, 11) is 0. The van der Waals surface area contributed by atoms with Crippen LogP contribution >= 0.6 is 0 Å². The molecule has 1 aromatic carbocycles. The Labute approximate surface area is 153 Å². The highest BCUT2D eigenvalue weighted by atomic mass is 16.1. The van der Waals surface area contributed by atoms with Crippen molar-refractivity contribution >= 4 is 11.4 Å². The molecule has 26 heavy (non-hydrogen) atoms. The zero-order valence-electron chi connectivity index (χ0n) is 15.0. The SMILES string of the molecule is CC1CN(Cc2ccccc2)CC1CNC(=O)c1cnn2ccccc12. The highest BCUT2D eigenvalue weighted by molar-refractivity contribution is 6.00. The largest absolute Gasteiger partial charge is 0.352 e. The number of nitrogens with one attached hydrogen (secondary N) is 1. The number of nitrogens with zero attached hydrogens (tertiary/aromatic N) is 3. The molecule has 0 radical (unpaired) electrons. The first-order chi connectivity index (χ1) is 12.7. The fourth-order valence-electron chi connectivity index (χ4n) is 3.81. The van der Waals surface area contributed by atoms with E-state index in [1.54, 1.807) is 10.7 Å². The third-order valence-electron chi connectivity index (χ3n) is 5.29. The van der Waals surface area contributed by atoms with Crippen molar-refractivity contribution in [3.8, 4) is 0 Å². The minimum absolute atomic E-state index is 0.0418. The van der Waals surface area contributed by atoms with Gasteiger partial charge in [-0.1, -0.05) is 43.3 Å². The van der Waals surface area contributed by atoms with Crippen molar-refractivity contribution in [1.82, 2.24) is 19.8 Å². The first kappa shape index (κ1) is 16.8. The van der Waals surface area contributed by atoms with Gasteiger partial charge in [-0.25, -0.2) is 4.52 Å². The fourth-order valence-corrected chi connectivity index (χ4v) is 3.81. The molecule has 0 saturated carbocycles. The molecule has 5 nitrogen and oxygen atoms in total. The van der Waals surface area contributed by atoms with Gasteiger partial charge in [0.1, 0.15) is 0 Å². The summed E-state index contributed by atoms with van der Waals surface area (Å²) < 4.78 is 1.73. The Hall–Kier alpha value is -2.66. The Balaban J connectivity index is 1.35. The summed E-state index contributed by atoms with van der Waals surface area (Å²) in [5.74, 6) is 1.01. The lowest BCUT2D eigenvalue weighted by molar-refractivity contribution is 0.0947. The molecule has 3 aromatic rings. The lowest BCUT2D eigenvalue weighted by Crippen LogP contribution is -2.32. The summed E-state index contributed by atoms with van der Waals surface area (Å²) in [6.07, 6.45) is 3.50. The number of likely N-dealkylation sites (tertiary alicyclic amines) is 1. The Morgan fingerprint density at radius 3 is 2.81 bits per heavy atom. The molecule has 134 valence electrons. The monoisotopic (exact) mass is 348 g/mol. The summed E-state index contributed by atoms with van der Waals surface area (Å²) in [5.41, 5.74) is 2.82. The maximum atomic E-state index is 12.6. The number of fused-ring (bicyclic) bond motifs is 1. The van der Waals surface area contributed by atoms with Crippen molar-refractivity contribution in [3.05, 3.63) is 72.1 Å². The molecular weight excluding hydrogens is 324 g/mol. The predicted octanol–water partition coefficient (Wildman–Crippen LogP) is 2.83. The molecule has 2 unspecified atom stereocenters. The van der Waals surface area contributed by atoms with Gasteiger partial charge in [-0.15, -0.1) is 0 Å². The third-order valence-corrected chi connectivity index (χ3v) is 5.29. The van der Waals surface area contributed by atoms with Crippen LogP contribution in [0.3, 0.4) is 0 Å². The van der Waals surface area contributed by atoms with Crippen molar-refractivity contribution in [2.75, 3.05) is 19.6 Å². The molecule has 1 saturated heterocycles. The second kappa shape index (κ2) is 7.30. The standard InChI is InChI=1S/C21H24N4O/c1-16-13-24(14-17-7-3-2-4-8-17)15-18(16)11-22-21(26)19-12-23-25-10-6-5-9-20(19)25/h2-10,12,16,18H,11,13-15H2,1H3,(H,22,26). The van der Waals surface area contributed by atoms with Crippen LogP contribution in [0.1, 0.15) is 22.8 Å². The van der Waals surface area contributed by atoms with E-state index in [1.807, 2.05) is 24.4 Å². The van der Waals surface area contributed by atoms with Crippen molar-refractivity contribution in [1.29, 1.82) is 0 Å². The van der Waals surface area contributed by atoms with E-state index in [1.165, 1.54) is 5.56 Å². The van der Waals surface area contributed by atoms with E-state index < -0.39 is 0 Å². The minimum Gasteiger partial charge on any atom is -0.352 e. The zero-order chi connectivity index (χ0) is 17.9. The highest BCUT2D eigenvalue weighted by Crippen LogP contribution is 2.24. The van der Waals surface area contributed by atoms with Gasteiger partial charge in [0, 0.05) is 32.4 Å². The van der Waals surface area contributed by atoms with Gasteiger partial charge >= 0.3 is 0 Å². The molecule has 1 fully saturated rings. The maximum Gasteiger partial charge on any atom is 0.255 e. The summed E-state index contributed by atoms with van der Waals surface area (Å²) in [5, 5.41) is 7.36. The Bertz CT molecular complexity index is 889. The maximum absolute atomic E-state index is 12.6. The van der Waals surface area contributed by atoms with Gasteiger partial charge in [-0.3, -0.25) is 9.69 Å². The first-order valence-corrected chi connectivity index (χ1v) is 9.17. The molecule has 1 aliphatic heterocycles. The molecule has 3 heterocycles. The van der Waals surface area contributed by atoms with Crippen molar-refractivity contribution in [3.63, 3.8) is 0 Å². The lowest BCUT2D eigenvalue weighted by Gasteiger charge is -2.16. The van der Waals surface area contributed by atoms with Gasteiger partial charge in [0.15, 0.2) is 0 Å². The van der Waals surface area contributed by atoms with Gasteiger partial charge in [-0.2, -0.15) is 5.10 Å². The summed E-state index contributed by atoms with van der Waals surface area (Å²) in [6.45, 7) is 6.05. The Morgan fingerprint density at radius 1 is 1.15 bits per heavy atom. The number of amides is 1. The quantitative estimate of drug-likeness (QED) is 0.771. The van der Waals surface area contributed by atoms with Crippen LogP contribution in [-0.4, -0.2) is 40.1 Å². The van der Waals surface area contributed by atoms with Crippen LogP contribution in [0, 0.1) is 11.8 Å². The number of hydrogen-bond donors (Lipinski definition) is 1. The molecule has 1 aliphatic rings. The van der Waals surface area contributed by atoms with E-state index in [0.717, 1.165) is 25.2 Å². The first-order valence-electron chi connectivity index (χ1n) is 9.17. The van der Waals surface area contributed by atoms with Crippen LogP contribution in [0.5, 0.6) is 0 Å². The molecule has 1 amide bonds. The number of carbonyl (C=O) groups is 1. The van der Waals surface area contributed by atoms with Crippen molar-refractivity contribution < 1.29 is 4.79 Å². The number of rotatable bonds is 5. The zero-order valence-corrected chi connectivity index (χ0v) is 15.0. The average molecular weight is 348 g/mol. The molecule has 0 bridgehead atoms. The minimum atomic E-state index is -0.0418. The normalized spacial score (nSPS) is 20.5. The second-order valence-corrected chi connectivity index (χ2v) is 7.22. The number of pyridine rings is 1. The average Bonchev–Trinajstić information content (AvgIpc) is 3.24. The van der Waals surface area contributed by atoms with Crippen LogP contribution in [-0.2, 0) is 6.54 Å². The van der Waals surface area contributed by atoms with Crippen LogP contribution in [0.4, 0.5) is 0 Å². The van der Waals surface area contributed by atoms with Crippen LogP contribution in [0.2, 0.25) is 0 Å². The van der Waals surface area contributed by atoms with E-state index in [4.69, 9.17) is 0 Å². The number of carbonyl (C=O) groups excluding carboxylic acids is 1. The van der Waals surface area contributed by atoms with E-state index in [-0.39, 0.29) is 5.91 Å². The molecular formula is C21H24N4O. The molecule has 1 N–H and O–H groups in total. The lowest BCUT2D eigenvalue weighted by atomic mass is 9.98. The molecule has 2 atom stereocenters. The Kier molecular flexibility index (Phi) is 4.71. The molecule has 2 aromatic heterocycles. The van der Waals surface area contributed by atoms with Gasteiger partial charge in [0.2, 0.25) is 0 Å². The predicted molar refractivity (Wildman–Crippen MR) is 102 cm³/mol. The van der Waals surface area contributed by atoms with Gasteiger partial charge in [-0.05, 0) is 29.5 Å². The highest BCUT2D eigenvalue weighted by Gasteiger charge is 2.29. The summed E-state index contributed by atoms with van der Waals surface area (Å²) in [4.78, 5) is 15.1. The van der Waals surface area contributed by atoms with E-state index in [0.29, 0.717) is 23.9 Å². The van der Waals surface area contributed by atoms with Crippen LogP contribution in [0.15, 0.2) is 60.9 Å². The second-order valence-electron chi connectivity index (χ2n) is 7.22. The molecule has 0 spiro atoms. The topological polar surface area (TPSA) is 49.6 Å². The molecule has 4 rings (SSSR count). The van der Waals surface area contributed by atoms with E-state index in [9.17, 15) is 4.79 Å². The molecule has 0 aliphatic carbocycles. The van der Waals surface area contributed by atoms with Crippen molar-refractivity contribution in [2.45, 2.75) is 13.5 Å². The van der Waals surface area contributed by atoms with Crippen LogP contribution < -0.4 is 5.32 Å². The fraction of sp³-hybridized carbons (Fsp3) is 0.333. The van der Waals surface area contributed by atoms with E-state index >= 15 is 0 Å². The number of aromatic nitrogens is 2. The van der Waals surface area contributed by atoms with Gasteiger partial charge in [0.05, 0.1) is 17.3 Å². The summed E-state index contributed by atoms with van der Waals surface area (Å²) in [6, 6.07) is 16.3. The number of hydrogen-bond acceptors (Lipinski definition) is 3. The number of benzene rings is 1. The smallest absolute Gasteiger partial charge is 0.255 e. The third kappa shape index (κ3) is 3.48. The van der Waals surface area contributed by atoms with Crippen LogP contribution in [0.25, 0.3) is 5.52 Å². The summed E-state index contributed by atoms with van der Waals surface area (Å²) >= 11 is 0. The molecule has 5 heteroatoms. The van der Waals surface area contributed by atoms with Gasteiger partial charge < -0.3 is 5.32 Å². The van der Waals surface area contributed by atoms with E-state index in [2.05, 4.69) is 52.6 Å². The van der Waals surface area contributed by atoms with Gasteiger partial charge in [0.25, 0.3) is 5.91 Å².